The van der Waals surface area contributed by atoms with E-state index in [0.29, 0.717) is 5.92 Å². The van der Waals surface area contributed by atoms with Crippen molar-refractivity contribution < 1.29 is 16.5 Å². The summed E-state index contributed by atoms with van der Waals surface area (Å²) < 4.78 is 0. The van der Waals surface area contributed by atoms with E-state index >= 15 is 0 Å². The molecule has 1 aliphatic heterocycles. The second-order valence-corrected chi connectivity index (χ2v) is 4.27. The Bertz CT molecular complexity index is 338. The summed E-state index contributed by atoms with van der Waals surface area (Å²) in [6.45, 7) is 10.2. The number of hydrogen-bond donors (Lipinski definition) is 1. The van der Waals surface area contributed by atoms with Gasteiger partial charge in [0.1, 0.15) is 0 Å². The first-order valence-corrected chi connectivity index (χ1v) is 5.34. The number of aliphatic imine (C=N–C) groups is 1. The summed E-state index contributed by atoms with van der Waals surface area (Å²) in [5.74, 6) is 0.825. The van der Waals surface area contributed by atoms with Crippen molar-refractivity contribution in [2.45, 2.75) is 27.2 Å². The molecule has 0 aliphatic carbocycles. The van der Waals surface area contributed by atoms with Gasteiger partial charge < -0.3 is 10.7 Å². The van der Waals surface area contributed by atoms with E-state index in [1.165, 1.54) is 0 Å². The summed E-state index contributed by atoms with van der Waals surface area (Å²) in [6, 6.07) is 0. The molecule has 0 aromatic carbocycles. The molecule has 92 valence electrons. The zero-order chi connectivity index (χ0) is 11.4. The van der Waals surface area contributed by atoms with Gasteiger partial charge in [-0.15, -0.1) is 12.8 Å². The number of hydrogen-bond acceptors (Lipinski definition) is 2. The third-order valence-electron chi connectivity index (χ3n) is 2.36. The van der Waals surface area contributed by atoms with Gasteiger partial charge in [-0.1, -0.05) is 32.6 Å². The average molecular weight is 262 g/mol. The molecular weight excluding hydrogens is 243 g/mol. The molecule has 0 fully saturated rings. The van der Waals surface area contributed by atoms with Crippen molar-refractivity contribution in [2.24, 2.45) is 22.6 Å². The normalized spacial score (nSPS) is 19.1. The van der Waals surface area contributed by atoms with Crippen LogP contribution in [-0.4, -0.2) is 5.71 Å². The van der Waals surface area contributed by atoms with Crippen molar-refractivity contribution in [3.8, 4) is 0 Å². The second-order valence-electron chi connectivity index (χ2n) is 4.27. The van der Waals surface area contributed by atoms with Gasteiger partial charge in [-0.25, -0.2) is 0 Å². The fourth-order valence-electron chi connectivity index (χ4n) is 1.52. The Morgan fingerprint density at radius 3 is 2.50 bits per heavy atom. The van der Waals surface area contributed by atoms with E-state index in [4.69, 9.17) is 5.73 Å². The van der Waals surface area contributed by atoms with Gasteiger partial charge in [-0.05, 0) is 24.0 Å². The van der Waals surface area contributed by atoms with E-state index < -0.39 is 0 Å². The van der Waals surface area contributed by atoms with Gasteiger partial charge in [0, 0.05) is 16.5 Å². The first kappa shape index (κ1) is 15.2. The van der Waals surface area contributed by atoms with Gasteiger partial charge in [-0.2, -0.15) is 11.6 Å². The van der Waals surface area contributed by atoms with Crippen LogP contribution in [0.1, 0.15) is 27.2 Å². The smallest absolute Gasteiger partial charge is 0 e. The van der Waals surface area contributed by atoms with Crippen LogP contribution in [-0.2, 0) is 16.5 Å². The molecule has 3 heteroatoms. The summed E-state index contributed by atoms with van der Waals surface area (Å²) in [7, 11) is 0. The summed E-state index contributed by atoms with van der Waals surface area (Å²) in [5, 5.41) is 0. The van der Waals surface area contributed by atoms with Crippen molar-refractivity contribution in [3.63, 3.8) is 0 Å². The third kappa shape index (κ3) is 3.64. The van der Waals surface area contributed by atoms with E-state index in [2.05, 4.69) is 38.4 Å². The van der Waals surface area contributed by atoms with Gasteiger partial charge in [0.05, 0.1) is 0 Å². The molecule has 0 aromatic heterocycles. The van der Waals surface area contributed by atoms with Crippen LogP contribution in [0.2, 0.25) is 0 Å². The van der Waals surface area contributed by atoms with E-state index in [0.717, 1.165) is 23.4 Å². The Labute approximate surface area is 108 Å². The molecule has 0 saturated carbocycles. The quantitative estimate of drug-likeness (QED) is 0.472. The van der Waals surface area contributed by atoms with Crippen LogP contribution in [0.25, 0.3) is 0 Å². The SMILES string of the molecule is C=CC(C)C1=NC(CC(C)C)=[C-]C1=CN.[Ni]. The summed E-state index contributed by atoms with van der Waals surface area (Å²) >= 11 is 0. The maximum absolute atomic E-state index is 5.56. The summed E-state index contributed by atoms with van der Waals surface area (Å²) in [4.78, 5) is 4.55. The van der Waals surface area contributed by atoms with Crippen molar-refractivity contribution in [2.75, 3.05) is 0 Å². The molecule has 0 spiro atoms. The average Bonchev–Trinajstić information content (AvgIpc) is 2.58. The molecule has 0 saturated heterocycles. The van der Waals surface area contributed by atoms with Gasteiger partial charge in [0.15, 0.2) is 0 Å². The topological polar surface area (TPSA) is 38.4 Å². The Morgan fingerprint density at radius 2 is 2.06 bits per heavy atom. The number of nitrogens with two attached hydrogens (primary N) is 1. The molecule has 0 radical (unpaired) electrons. The Balaban J connectivity index is 0.00000225. The second kappa shape index (κ2) is 6.70. The minimum absolute atomic E-state index is 0. The molecule has 0 amide bonds. The molecule has 1 atom stereocenters. The van der Waals surface area contributed by atoms with Crippen LogP contribution < -0.4 is 5.73 Å². The monoisotopic (exact) mass is 261 g/mol. The molecule has 16 heavy (non-hydrogen) atoms. The minimum atomic E-state index is 0. The minimum Gasteiger partial charge on any atom is -0.455 e. The molecule has 0 bridgehead atoms. The molecule has 2 nitrogen and oxygen atoms in total. The van der Waals surface area contributed by atoms with Gasteiger partial charge >= 0.3 is 0 Å². The number of nitrogens with zero attached hydrogens (tertiary/aromatic N) is 1. The zero-order valence-electron chi connectivity index (χ0n) is 10.1. The largest absolute Gasteiger partial charge is 0.455 e. The van der Waals surface area contributed by atoms with Crippen molar-refractivity contribution in [3.05, 3.63) is 36.2 Å². The van der Waals surface area contributed by atoms with Crippen molar-refractivity contribution >= 4 is 5.71 Å². The first-order chi connectivity index (χ1) is 7.08. The third-order valence-corrected chi connectivity index (χ3v) is 2.36. The number of rotatable bonds is 4. The molecular formula is C13H19N2Ni-. The fraction of sp³-hybridized carbons (Fsp3) is 0.462. The van der Waals surface area contributed by atoms with Gasteiger partial charge in [0.25, 0.3) is 0 Å². The predicted molar refractivity (Wildman–Crippen MR) is 65.3 cm³/mol. The predicted octanol–water partition coefficient (Wildman–Crippen LogP) is 2.84. The molecule has 0 aromatic rings. The van der Waals surface area contributed by atoms with E-state index in [1.807, 2.05) is 6.08 Å². The van der Waals surface area contributed by atoms with Crippen LogP contribution >= 0.6 is 0 Å². The fourth-order valence-corrected chi connectivity index (χ4v) is 1.52. The Morgan fingerprint density at radius 1 is 1.44 bits per heavy atom. The van der Waals surface area contributed by atoms with Crippen molar-refractivity contribution in [1.29, 1.82) is 0 Å². The van der Waals surface area contributed by atoms with Crippen LogP contribution in [0.4, 0.5) is 0 Å². The maximum atomic E-state index is 5.56. The van der Waals surface area contributed by atoms with Crippen LogP contribution in [0.3, 0.4) is 0 Å². The van der Waals surface area contributed by atoms with E-state index in [9.17, 15) is 0 Å². The van der Waals surface area contributed by atoms with Crippen LogP contribution in [0.15, 0.2) is 35.1 Å². The Kier molecular flexibility index (Phi) is 6.36. The summed E-state index contributed by atoms with van der Waals surface area (Å²) in [6.07, 6.45) is 7.64. The Hall–Kier alpha value is -0.816. The number of allylic oxidation sites excluding steroid dienone is 4. The van der Waals surface area contributed by atoms with E-state index in [-0.39, 0.29) is 22.4 Å². The van der Waals surface area contributed by atoms with Crippen LogP contribution in [0, 0.1) is 17.9 Å². The maximum Gasteiger partial charge on any atom is 0 e. The van der Waals surface area contributed by atoms with Gasteiger partial charge in [0.2, 0.25) is 0 Å². The van der Waals surface area contributed by atoms with Crippen molar-refractivity contribution in [1.82, 2.24) is 0 Å². The summed E-state index contributed by atoms with van der Waals surface area (Å²) in [5.41, 5.74) is 8.47. The molecule has 1 aliphatic rings. The molecule has 2 N–H and O–H groups in total. The molecule has 1 unspecified atom stereocenters. The van der Waals surface area contributed by atoms with Crippen LogP contribution in [0.5, 0.6) is 0 Å². The molecule has 1 heterocycles. The molecule has 1 rings (SSSR count). The standard InChI is InChI=1S/C13H19N2.Ni/c1-5-10(4)13-11(8-14)7-12(15-13)6-9(2)3;/h5,8-10H,1,6,14H2,2-4H3;/q-1;. The zero-order valence-corrected chi connectivity index (χ0v) is 11.1. The van der Waals surface area contributed by atoms with Gasteiger partial charge in [-0.3, -0.25) is 0 Å². The van der Waals surface area contributed by atoms with E-state index in [1.54, 1.807) is 6.20 Å². The first-order valence-electron chi connectivity index (χ1n) is 5.34.